The van der Waals surface area contributed by atoms with Crippen LogP contribution in [0.2, 0.25) is 0 Å². The van der Waals surface area contributed by atoms with Crippen molar-refractivity contribution in [2.75, 3.05) is 26.2 Å². The lowest BCUT2D eigenvalue weighted by Gasteiger charge is -2.33. The van der Waals surface area contributed by atoms with Crippen molar-refractivity contribution in [3.63, 3.8) is 0 Å². The molecular formula is C23H25N3O3. The van der Waals surface area contributed by atoms with Gasteiger partial charge in [-0.2, -0.15) is 0 Å². The maximum atomic E-state index is 13.0. The molecular weight excluding hydrogens is 366 g/mol. The molecule has 0 aromatic heterocycles. The molecule has 2 amide bonds. The summed E-state index contributed by atoms with van der Waals surface area (Å²) >= 11 is 0. The van der Waals surface area contributed by atoms with E-state index in [9.17, 15) is 9.59 Å². The Balaban J connectivity index is 1.62. The Morgan fingerprint density at radius 3 is 2.79 bits per heavy atom. The van der Waals surface area contributed by atoms with Crippen LogP contribution in [0.1, 0.15) is 15.9 Å². The van der Waals surface area contributed by atoms with Gasteiger partial charge in [0.1, 0.15) is 12.4 Å². The fourth-order valence-corrected chi connectivity index (χ4v) is 4.19. The van der Waals surface area contributed by atoms with Crippen molar-refractivity contribution in [1.82, 2.24) is 15.5 Å². The Hall–Kier alpha value is -3.12. The zero-order chi connectivity index (χ0) is 20.3. The highest BCUT2D eigenvalue weighted by atomic mass is 16.5. The summed E-state index contributed by atoms with van der Waals surface area (Å²) in [7, 11) is 0. The minimum Gasteiger partial charge on any atom is -0.490 e. The van der Waals surface area contributed by atoms with Crippen molar-refractivity contribution < 1.29 is 14.3 Å². The fourth-order valence-electron chi connectivity index (χ4n) is 4.19. The van der Waals surface area contributed by atoms with Gasteiger partial charge in [0.25, 0.3) is 5.91 Å². The Labute approximate surface area is 170 Å². The highest BCUT2D eigenvalue weighted by Gasteiger charge is 2.52. The molecule has 1 fully saturated rings. The summed E-state index contributed by atoms with van der Waals surface area (Å²) in [4.78, 5) is 28.1. The molecule has 2 aliphatic heterocycles. The standard InChI is InChI=1S/C23H25N3O3/c1-2-12-24-22(28)19-14-26(13-17-8-4-3-5-9-17)15-23(19)16-29-20-11-7-6-10-18(20)21(27)25-23/h2-11,19H,1,12-16H2,(H,24,28)(H,25,27)/t19-,23-/m0/s1. The summed E-state index contributed by atoms with van der Waals surface area (Å²) in [5.41, 5.74) is 0.867. The summed E-state index contributed by atoms with van der Waals surface area (Å²) in [5.74, 6) is -0.186. The third kappa shape index (κ3) is 3.89. The molecule has 6 heteroatoms. The molecule has 1 saturated heterocycles. The van der Waals surface area contributed by atoms with Gasteiger partial charge in [0.2, 0.25) is 5.91 Å². The van der Waals surface area contributed by atoms with Crippen LogP contribution in [0.25, 0.3) is 0 Å². The van der Waals surface area contributed by atoms with E-state index in [1.54, 1.807) is 18.2 Å². The number of nitrogens with zero attached hydrogens (tertiary/aromatic N) is 1. The lowest BCUT2D eigenvalue weighted by molar-refractivity contribution is -0.126. The number of carbonyl (C=O) groups excluding carboxylic acids is 2. The SMILES string of the molecule is C=CCNC(=O)[C@@H]1CN(Cc2ccccc2)C[C@]12COc1ccccc1C(=O)N2. The van der Waals surface area contributed by atoms with Crippen molar-refractivity contribution in [3.05, 3.63) is 78.4 Å². The van der Waals surface area contributed by atoms with Crippen molar-refractivity contribution in [2.45, 2.75) is 12.1 Å². The van der Waals surface area contributed by atoms with E-state index in [0.717, 1.165) is 0 Å². The van der Waals surface area contributed by atoms with E-state index < -0.39 is 11.5 Å². The van der Waals surface area contributed by atoms with E-state index in [1.165, 1.54) is 5.56 Å². The van der Waals surface area contributed by atoms with Crippen LogP contribution < -0.4 is 15.4 Å². The molecule has 2 heterocycles. The van der Waals surface area contributed by atoms with Gasteiger partial charge in [-0.15, -0.1) is 6.58 Å². The van der Waals surface area contributed by atoms with Gasteiger partial charge in [0.05, 0.1) is 17.0 Å². The van der Waals surface area contributed by atoms with E-state index in [0.29, 0.717) is 37.5 Å². The van der Waals surface area contributed by atoms with E-state index in [2.05, 4.69) is 34.2 Å². The summed E-state index contributed by atoms with van der Waals surface area (Å²) in [6, 6.07) is 17.3. The molecule has 1 spiro atoms. The molecule has 0 aliphatic carbocycles. The summed E-state index contributed by atoms with van der Waals surface area (Å²) in [5, 5.41) is 6.04. The molecule has 0 unspecified atom stereocenters. The van der Waals surface area contributed by atoms with Gasteiger partial charge in [0.15, 0.2) is 0 Å². The first-order valence-corrected chi connectivity index (χ1v) is 9.80. The van der Waals surface area contributed by atoms with Gasteiger partial charge >= 0.3 is 0 Å². The molecule has 2 atom stereocenters. The Bertz CT molecular complexity index is 915. The zero-order valence-corrected chi connectivity index (χ0v) is 16.3. The highest BCUT2D eigenvalue weighted by Crippen LogP contribution is 2.34. The molecule has 29 heavy (non-hydrogen) atoms. The normalized spacial score (nSPS) is 23.6. The molecule has 2 aliphatic rings. The third-order valence-electron chi connectivity index (χ3n) is 5.58. The van der Waals surface area contributed by atoms with Crippen molar-refractivity contribution in [1.29, 1.82) is 0 Å². The van der Waals surface area contributed by atoms with Crippen molar-refractivity contribution >= 4 is 11.8 Å². The van der Waals surface area contributed by atoms with Crippen LogP contribution in [0.5, 0.6) is 5.75 Å². The monoisotopic (exact) mass is 391 g/mol. The van der Waals surface area contributed by atoms with Crippen LogP contribution in [0, 0.1) is 5.92 Å². The molecule has 2 N–H and O–H groups in total. The first kappa shape index (κ1) is 19.2. The van der Waals surface area contributed by atoms with E-state index in [1.807, 2.05) is 30.3 Å². The number of amides is 2. The Morgan fingerprint density at radius 2 is 2.00 bits per heavy atom. The average molecular weight is 391 g/mol. The molecule has 0 bridgehead atoms. The number of carbonyl (C=O) groups is 2. The topological polar surface area (TPSA) is 70.7 Å². The zero-order valence-electron chi connectivity index (χ0n) is 16.3. The van der Waals surface area contributed by atoms with Crippen LogP contribution >= 0.6 is 0 Å². The van der Waals surface area contributed by atoms with Gasteiger partial charge in [-0.3, -0.25) is 14.5 Å². The number of fused-ring (bicyclic) bond motifs is 1. The maximum absolute atomic E-state index is 13.0. The third-order valence-corrected chi connectivity index (χ3v) is 5.58. The van der Waals surface area contributed by atoms with Crippen LogP contribution in [0.3, 0.4) is 0 Å². The molecule has 0 radical (unpaired) electrons. The second-order valence-electron chi connectivity index (χ2n) is 7.64. The quantitative estimate of drug-likeness (QED) is 0.765. The van der Waals surface area contributed by atoms with Crippen LogP contribution in [-0.4, -0.2) is 48.5 Å². The second-order valence-corrected chi connectivity index (χ2v) is 7.64. The average Bonchev–Trinajstić information content (AvgIpc) is 3.01. The van der Waals surface area contributed by atoms with E-state index in [-0.39, 0.29) is 18.4 Å². The summed E-state index contributed by atoms with van der Waals surface area (Å²) < 4.78 is 6.03. The highest BCUT2D eigenvalue weighted by molar-refractivity contribution is 5.98. The van der Waals surface area contributed by atoms with Gasteiger partial charge in [-0.1, -0.05) is 48.5 Å². The second kappa shape index (κ2) is 8.09. The minimum absolute atomic E-state index is 0.102. The van der Waals surface area contributed by atoms with Crippen LogP contribution in [0.4, 0.5) is 0 Å². The van der Waals surface area contributed by atoms with E-state index >= 15 is 0 Å². The Kier molecular flexibility index (Phi) is 5.36. The number of nitrogens with one attached hydrogen (secondary N) is 2. The lowest BCUT2D eigenvalue weighted by Crippen LogP contribution is -2.60. The van der Waals surface area contributed by atoms with Crippen molar-refractivity contribution in [2.24, 2.45) is 5.92 Å². The number of hydrogen-bond donors (Lipinski definition) is 2. The molecule has 2 aromatic carbocycles. The number of hydrogen-bond acceptors (Lipinski definition) is 4. The number of likely N-dealkylation sites (tertiary alicyclic amines) is 1. The minimum atomic E-state index is -0.795. The molecule has 6 nitrogen and oxygen atoms in total. The number of benzene rings is 2. The number of ether oxygens (including phenoxy) is 1. The fraction of sp³-hybridized carbons (Fsp3) is 0.304. The predicted molar refractivity (Wildman–Crippen MR) is 111 cm³/mol. The van der Waals surface area contributed by atoms with Gasteiger partial charge in [0, 0.05) is 26.2 Å². The number of para-hydroxylation sites is 1. The largest absolute Gasteiger partial charge is 0.490 e. The molecule has 150 valence electrons. The maximum Gasteiger partial charge on any atom is 0.255 e. The van der Waals surface area contributed by atoms with Crippen LogP contribution in [-0.2, 0) is 11.3 Å². The summed E-state index contributed by atoms with van der Waals surface area (Å²) in [6.07, 6.45) is 1.65. The smallest absolute Gasteiger partial charge is 0.255 e. The van der Waals surface area contributed by atoms with Gasteiger partial charge in [-0.05, 0) is 17.7 Å². The first-order valence-electron chi connectivity index (χ1n) is 9.80. The van der Waals surface area contributed by atoms with Crippen LogP contribution in [0.15, 0.2) is 67.3 Å². The Morgan fingerprint density at radius 1 is 1.24 bits per heavy atom. The lowest BCUT2D eigenvalue weighted by atomic mass is 9.86. The molecule has 2 aromatic rings. The number of rotatable bonds is 5. The van der Waals surface area contributed by atoms with E-state index in [4.69, 9.17) is 4.74 Å². The first-order chi connectivity index (χ1) is 14.1. The summed E-state index contributed by atoms with van der Waals surface area (Å²) in [6.45, 7) is 6.08. The predicted octanol–water partition coefficient (Wildman–Crippen LogP) is 1.98. The molecule has 4 rings (SSSR count). The van der Waals surface area contributed by atoms with Gasteiger partial charge < -0.3 is 15.4 Å². The van der Waals surface area contributed by atoms with Gasteiger partial charge in [-0.25, -0.2) is 0 Å². The molecule has 0 saturated carbocycles. The van der Waals surface area contributed by atoms with Crippen molar-refractivity contribution in [3.8, 4) is 5.75 Å².